The third-order valence-corrected chi connectivity index (χ3v) is 2.93. The van der Waals surface area contributed by atoms with Crippen molar-refractivity contribution in [1.82, 2.24) is 4.98 Å². The van der Waals surface area contributed by atoms with Gasteiger partial charge in [0.2, 0.25) is 0 Å². The maximum Gasteiger partial charge on any atom is 0.262 e. The van der Waals surface area contributed by atoms with E-state index < -0.39 is 0 Å². The third kappa shape index (κ3) is 1.55. The number of fused-ring (bicyclic) bond motifs is 1. The normalized spacial score (nSPS) is 13.9. The van der Waals surface area contributed by atoms with E-state index in [1.807, 2.05) is 23.6 Å². The second kappa shape index (κ2) is 3.61. The summed E-state index contributed by atoms with van der Waals surface area (Å²) in [5.41, 5.74) is 4.38. The van der Waals surface area contributed by atoms with E-state index in [4.69, 9.17) is 4.74 Å². The standard InChI is InChI=1S/C11H8N2O2S/c14-11-4-15-10-2-1-7(3-8(10)13-11)9-5-16-6-12-9/h1-3,5-6H,4H2,(H,13,14). The van der Waals surface area contributed by atoms with Crippen molar-refractivity contribution in [1.29, 1.82) is 0 Å². The number of anilines is 1. The molecule has 0 unspecified atom stereocenters. The van der Waals surface area contributed by atoms with Crippen molar-refractivity contribution in [2.75, 3.05) is 11.9 Å². The highest BCUT2D eigenvalue weighted by Gasteiger charge is 2.16. The monoisotopic (exact) mass is 232 g/mol. The SMILES string of the molecule is O=C1COc2ccc(-c3cscn3)cc2N1. The first-order chi connectivity index (χ1) is 7.83. The number of hydrogen-bond donors (Lipinski definition) is 1. The van der Waals surface area contributed by atoms with Gasteiger partial charge < -0.3 is 10.1 Å². The first-order valence-corrected chi connectivity index (χ1v) is 5.72. The zero-order chi connectivity index (χ0) is 11.0. The predicted molar refractivity (Wildman–Crippen MR) is 61.7 cm³/mol. The molecule has 0 radical (unpaired) electrons. The number of benzene rings is 1. The molecule has 16 heavy (non-hydrogen) atoms. The van der Waals surface area contributed by atoms with E-state index in [-0.39, 0.29) is 12.5 Å². The molecule has 3 rings (SSSR count). The Labute approximate surface area is 95.9 Å². The van der Waals surface area contributed by atoms with E-state index in [2.05, 4.69) is 10.3 Å². The van der Waals surface area contributed by atoms with Gasteiger partial charge in [-0.15, -0.1) is 11.3 Å². The molecule has 1 amide bonds. The van der Waals surface area contributed by atoms with Gasteiger partial charge in [-0.25, -0.2) is 4.98 Å². The van der Waals surface area contributed by atoms with Crippen molar-refractivity contribution in [3.8, 4) is 17.0 Å². The molecule has 1 aromatic carbocycles. The highest BCUT2D eigenvalue weighted by Crippen LogP contribution is 2.32. The van der Waals surface area contributed by atoms with Gasteiger partial charge in [0, 0.05) is 10.9 Å². The Bertz CT molecular complexity index is 537. The maximum atomic E-state index is 11.2. The van der Waals surface area contributed by atoms with Crippen LogP contribution in [0.15, 0.2) is 29.1 Å². The van der Waals surface area contributed by atoms with Gasteiger partial charge in [-0.1, -0.05) is 0 Å². The Morgan fingerprint density at radius 1 is 1.44 bits per heavy atom. The summed E-state index contributed by atoms with van der Waals surface area (Å²) in [4.78, 5) is 15.4. The zero-order valence-electron chi connectivity index (χ0n) is 8.27. The maximum absolute atomic E-state index is 11.2. The van der Waals surface area contributed by atoms with Gasteiger partial charge in [0.05, 0.1) is 16.9 Å². The largest absolute Gasteiger partial charge is 0.482 e. The third-order valence-electron chi connectivity index (χ3n) is 2.34. The molecule has 0 aliphatic carbocycles. The first-order valence-electron chi connectivity index (χ1n) is 4.78. The Morgan fingerprint density at radius 3 is 3.19 bits per heavy atom. The molecule has 80 valence electrons. The number of amides is 1. The second-order valence-electron chi connectivity index (χ2n) is 3.42. The topological polar surface area (TPSA) is 51.2 Å². The van der Waals surface area contributed by atoms with E-state index in [1.54, 1.807) is 16.8 Å². The minimum absolute atomic E-state index is 0.0864. The average molecular weight is 232 g/mol. The Hall–Kier alpha value is -1.88. The smallest absolute Gasteiger partial charge is 0.262 e. The number of nitrogens with zero attached hydrogens (tertiary/aromatic N) is 1. The fraction of sp³-hybridized carbons (Fsp3) is 0.0909. The highest BCUT2D eigenvalue weighted by atomic mass is 32.1. The van der Waals surface area contributed by atoms with Gasteiger partial charge in [-0.05, 0) is 18.2 Å². The van der Waals surface area contributed by atoms with E-state index in [1.165, 1.54) is 0 Å². The average Bonchev–Trinajstić information content (AvgIpc) is 2.81. The highest BCUT2D eigenvalue weighted by molar-refractivity contribution is 7.07. The second-order valence-corrected chi connectivity index (χ2v) is 4.14. The van der Waals surface area contributed by atoms with Crippen molar-refractivity contribution in [3.63, 3.8) is 0 Å². The van der Waals surface area contributed by atoms with Gasteiger partial charge in [0.1, 0.15) is 5.75 Å². The number of hydrogen-bond acceptors (Lipinski definition) is 4. The Morgan fingerprint density at radius 2 is 2.38 bits per heavy atom. The van der Waals surface area contributed by atoms with Crippen molar-refractivity contribution < 1.29 is 9.53 Å². The van der Waals surface area contributed by atoms with Crippen LogP contribution in [0.25, 0.3) is 11.3 Å². The van der Waals surface area contributed by atoms with E-state index in [0.29, 0.717) is 11.4 Å². The Balaban J connectivity index is 2.04. The lowest BCUT2D eigenvalue weighted by Crippen LogP contribution is -2.25. The molecule has 2 aromatic rings. The lowest BCUT2D eigenvalue weighted by molar-refractivity contribution is -0.118. The summed E-state index contributed by atoms with van der Waals surface area (Å²) in [6.07, 6.45) is 0. The van der Waals surface area contributed by atoms with Crippen LogP contribution in [0.1, 0.15) is 0 Å². The number of aromatic nitrogens is 1. The molecule has 1 N–H and O–H groups in total. The van der Waals surface area contributed by atoms with Gasteiger partial charge in [-0.3, -0.25) is 4.79 Å². The number of carbonyl (C=O) groups is 1. The van der Waals surface area contributed by atoms with Crippen LogP contribution in [0.4, 0.5) is 5.69 Å². The Kier molecular flexibility index (Phi) is 2.11. The zero-order valence-corrected chi connectivity index (χ0v) is 9.08. The summed E-state index contributed by atoms with van der Waals surface area (Å²) in [6.45, 7) is 0.0864. The molecule has 0 spiro atoms. The quantitative estimate of drug-likeness (QED) is 0.819. The van der Waals surface area contributed by atoms with Crippen LogP contribution in [-0.4, -0.2) is 17.5 Å². The van der Waals surface area contributed by atoms with E-state index >= 15 is 0 Å². The fourth-order valence-corrected chi connectivity index (χ4v) is 2.16. The van der Waals surface area contributed by atoms with Crippen LogP contribution in [0.3, 0.4) is 0 Å². The molecule has 5 heteroatoms. The number of ether oxygens (including phenoxy) is 1. The van der Waals surface area contributed by atoms with Crippen LogP contribution in [0.2, 0.25) is 0 Å². The summed E-state index contributed by atoms with van der Waals surface area (Å²) < 4.78 is 5.28. The number of carbonyl (C=O) groups excluding carboxylic acids is 1. The van der Waals surface area contributed by atoms with Crippen LogP contribution >= 0.6 is 11.3 Å². The van der Waals surface area contributed by atoms with E-state index in [9.17, 15) is 4.79 Å². The van der Waals surface area contributed by atoms with Gasteiger partial charge >= 0.3 is 0 Å². The lowest BCUT2D eigenvalue weighted by Gasteiger charge is -2.18. The van der Waals surface area contributed by atoms with Gasteiger partial charge in [0.15, 0.2) is 6.61 Å². The minimum atomic E-state index is -0.122. The number of nitrogens with one attached hydrogen (secondary N) is 1. The summed E-state index contributed by atoms with van der Waals surface area (Å²) >= 11 is 1.54. The van der Waals surface area contributed by atoms with Crippen molar-refractivity contribution in [2.24, 2.45) is 0 Å². The first kappa shape index (κ1) is 9.35. The van der Waals surface area contributed by atoms with Crippen LogP contribution in [0.5, 0.6) is 5.75 Å². The molecule has 0 atom stereocenters. The number of rotatable bonds is 1. The molecule has 0 saturated carbocycles. The summed E-state index contributed by atoms with van der Waals surface area (Å²) in [7, 11) is 0. The molecule has 0 fully saturated rings. The molecule has 1 aliphatic rings. The summed E-state index contributed by atoms with van der Waals surface area (Å²) in [6, 6.07) is 5.66. The van der Waals surface area contributed by atoms with Crippen LogP contribution in [0, 0.1) is 0 Å². The molecule has 0 bridgehead atoms. The predicted octanol–water partition coefficient (Wildman–Crippen LogP) is 2.14. The molecular weight excluding hydrogens is 224 g/mol. The van der Waals surface area contributed by atoms with Crippen LogP contribution < -0.4 is 10.1 Å². The molecule has 1 aromatic heterocycles. The van der Waals surface area contributed by atoms with Gasteiger partial charge in [-0.2, -0.15) is 0 Å². The van der Waals surface area contributed by atoms with Gasteiger partial charge in [0.25, 0.3) is 5.91 Å². The van der Waals surface area contributed by atoms with Crippen LogP contribution in [-0.2, 0) is 4.79 Å². The van der Waals surface area contributed by atoms with Crippen molar-refractivity contribution in [3.05, 3.63) is 29.1 Å². The fourth-order valence-electron chi connectivity index (χ4n) is 1.60. The van der Waals surface area contributed by atoms with Crippen molar-refractivity contribution in [2.45, 2.75) is 0 Å². The summed E-state index contributed by atoms with van der Waals surface area (Å²) in [5, 5.41) is 4.74. The molecule has 2 heterocycles. The molecular formula is C11H8N2O2S. The summed E-state index contributed by atoms with van der Waals surface area (Å²) in [5.74, 6) is 0.585. The van der Waals surface area contributed by atoms with E-state index in [0.717, 1.165) is 11.3 Å². The van der Waals surface area contributed by atoms with Crippen molar-refractivity contribution >= 4 is 22.9 Å². The molecule has 0 saturated heterocycles. The molecule has 4 nitrogen and oxygen atoms in total. The minimum Gasteiger partial charge on any atom is -0.482 e. The lowest BCUT2D eigenvalue weighted by atomic mass is 10.1. The molecule has 1 aliphatic heterocycles. The number of thiazole rings is 1.